The van der Waals surface area contributed by atoms with Crippen LogP contribution in [0.4, 0.5) is 0 Å². The van der Waals surface area contributed by atoms with Gasteiger partial charge in [-0.3, -0.25) is 4.79 Å². The van der Waals surface area contributed by atoms with E-state index in [1.807, 2.05) is 48.5 Å². The van der Waals surface area contributed by atoms with Crippen molar-refractivity contribution in [2.75, 3.05) is 0 Å². The number of para-hydroxylation sites is 1. The zero-order valence-corrected chi connectivity index (χ0v) is 10.7. The van der Waals surface area contributed by atoms with Crippen molar-refractivity contribution in [1.29, 1.82) is 0 Å². The van der Waals surface area contributed by atoms with Crippen LogP contribution in [-0.4, -0.2) is 11.3 Å². The van der Waals surface area contributed by atoms with Crippen LogP contribution in [0.3, 0.4) is 0 Å². The quantitative estimate of drug-likeness (QED) is 0.475. The predicted octanol–water partition coefficient (Wildman–Crippen LogP) is 3.89. The van der Waals surface area contributed by atoms with Crippen LogP contribution >= 0.6 is 11.6 Å². The molecule has 1 atom stereocenters. The maximum Gasteiger partial charge on any atom is 0.329 e. The summed E-state index contributed by atoms with van der Waals surface area (Å²) in [6.07, 6.45) is 0. The molecule has 2 aromatic rings. The van der Waals surface area contributed by atoms with E-state index in [1.54, 1.807) is 13.0 Å². The molecule has 0 aliphatic heterocycles. The third-order valence-electron chi connectivity index (χ3n) is 2.51. The normalized spacial score (nSPS) is 11.9. The van der Waals surface area contributed by atoms with Crippen molar-refractivity contribution in [3.63, 3.8) is 0 Å². The van der Waals surface area contributed by atoms with Gasteiger partial charge in [0, 0.05) is 5.56 Å². The van der Waals surface area contributed by atoms with Crippen molar-refractivity contribution in [3.8, 4) is 16.9 Å². The molecule has 3 heteroatoms. The first kappa shape index (κ1) is 12.7. The number of halogens is 1. The van der Waals surface area contributed by atoms with Gasteiger partial charge >= 0.3 is 5.97 Å². The molecular formula is C15H13ClO2. The summed E-state index contributed by atoms with van der Waals surface area (Å²) in [5, 5.41) is -0.658. The molecule has 2 aromatic carbocycles. The highest BCUT2D eigenvalue weighted by atomic mass is 35.5. The zero-order valence-electron chi connectivity index (χ0n) is 9.97. The van der Waals surface area contributed by atoms with Gasteiger partial charge in [0.2, 0.25) is 0 Å². The van der Waals surface area contributed by atoms with Gasteiger partial charge in [-0.1, -0.05) is 48.5 Å². The average molecular weight is 261 g/mol. The number of alkyl halides is 1. The second-order valence-electron chi connectivity index (χ2n) is 3.90. The molecule has 1 unspecified atom stereocenters. The van der Waals surface area contributed by atoms with E-state index in [0.717, 1.165) is 11.1 Å². The molecular weight excluding hydrogens is 248 g/mol. The number of rotatable bonds is 3. The molecule has 0 fully saturated rings. The summed E-state index contributed by atoms with van der Waals surface area (Å²) in [6, 6.07) is 17.2. The Kier molecular flexibility index (Phi) is 4.00. The van der Waals surface area contributed by atoms with E-state index < -0.39 is 11.3 Å². The third kappa shape index (κ3) is 2.90. The number of ether oxygens (including phenoxy) is 1. The highest BCUT2D eigenvalue weighted by molar-refractivity contribution is 6.29. The summed E-state index contributed by atoms with van der Waals surface area (Å²) in [7, 11) is 0. The van der Waals surface area contributed by atoms with Crippen LogP contribution in [0.2, 0.25) is 0 Å². The Morgan fingerprint density at radius 1 is 1.06 bits per heavy atom. The van der Waals surface area contributed by atoms with Gasteiger partial charge < -0.3 is 4.74 Å². The molecule has 92 valence electrons. The van der Waals surface area contributed by atoms with Gasteiger partial charge in [0.05, 0.1) is 0 Å². The van der Waals surface area contributed by atoms with E-state index in [1.165, 1.54) is 0 Å². The molecule has 18 heavy (non-hydrogen) atoms. The lowest BCUT2D eigenvalue weighted by molar-refractivity contribution is -0.133. The summed E-state index contributed by atoms with van der Waals surface area (Å²) >= 11 is 5.70. The summed E-state index contributed by atoms with van der Waals surface area (Å²) in [4.78, 5) is 11.5. The molecule has 0 saturated carbocycles. The Hall–Kier alpha value is -1.80. The zero-order chi connectivity index (χ0) is 13.0. The van der Waals surface area contributed by atoms with E-state index in [9.17, 15) is 4.79 Å². The minimum absolute atomic E-state index is 0.444. The van der Waals surface area contributed by atoms with Gasteiger partial charge in [-0.25, -0.2) is 0 Å². The van der Waals surface area contributed by atoms with Crippen molar-refractivity contribution >= 4 is 17.6 Å². The molecule has 0 aliphatic rings. The smallest absolute Gasteiger partial charge is 0.329 e. The van der Waals surface area contributed by atoms with Gasteiger partial charge in [0.25, 0.3) is 0 Å². The molecule has 0 bridgehead atoms. The fourth-order valence-electron chi connectivity index (χ4n) is 1.60. The first-order valence-corrected chi connectivity index (χ1v) is 6.12. The Labute approximate surface area is 111 Å². The summed E-state index contributed by atoms with van der Waals surface area (Å²) in [5.41, 5.74) is 1.88. The highest BCUT2D eigenvalue weighted by Crippen LogP contribution is 2.29. The molecule has 0 radical (unpaired) electrons. The number of hydrogen-bond acceptors (Lipinski definition) is 2. The first-order chi connectivity index (χ1) is 8.68. The van der Waals surface area contributed by atoms with Crippen LogP contribution in [-0.2, 0) is 4.79 Å². The van der Waals surface area contributed by atoms with Crippen molar-refractivity contribution in [1.82, 2.24) is 0 Å². The van der Waals surface area contributed by atoms with Gasteiger partial charge in [-0.2, -0.15) is 0 Å². The molecule has 2 rings (SSSR count). The third-order valence-corrected chi connectivity index (χ3v) is 2.69. The van der Waals surface area contributed by atoms with E-state index in [-0.39, 0.29) is 0 Å². The van der Waals surface area contributed by atoms with Crippen LogP contribution in [0.1, 0.15) is 6.92 Å². The fourth-order valence-corrected chi connectivity index (χ4v) is 1.65. The highest BCUT2D eigenvalue weighted by Gasteiger charge is 2.14. The molecule has 0 aliphatic carbocycles. The SMILES string of the molecule is CC(Cl)C(=O)Oc1ccccc1-c1ccccc1. The fraction of sp³-hybridized carbons (Fsp3) is 0.133. The lowest BCUT2D eigenvalue weighted by Gasteiger charge is -2.10. The van der Waals surface area contributed by atoms with Crippen molar-refractivity contribution < 1.29 is 9.53 Å². The monoisotopic (exact) mass is 260 g/mol. The summed E-state index contributed by atoms with van der Waals surface area (Å²) in [6.45, 7) is 1.59. The number of esters is 1. The number of carbonyl (C=O) groups is 1. The molecule has 2 nitrogen and oxygen atoms in total. The largest absolute Gasteiger partial charge is 0.425 e. The second kappa shape index (κ2) is 5.69. The molecule has 0 saturated heterocycles. The van der Waals surface area contributed by atoms with E-state index in [4.69, 9.17) is 16.3 Å². The molecule has 0 aromatic heterocycles. The Morgan fingerprint density at radius 2 is 1.67 bits per heavy atom. The van der Waals surface area contributed by atoms with Crippen LogP contribution in [0, 0.1) is 0 Å². The topological polar surface area (TPSA) is 26.3 Å². The Morgan fingerprint density at radius 3 is 2.33 bits per heavy atom. The minimum atomic E-state index is -0.658. The second-order valence-corrected chi connectivity index (χ2v) is 4.55. The van der Waals surface area contributed by atoms with E-state index in [2.05, 4.69) is 0 Å². The van der Waals surface area contributed by atoms with Crippen LogP contribution < -0.4 is 4.74 Å². The van der Waals surface area contributed by atoms with Crippen LogP contribution in [0.5, 0.6) is 5.75 Å². The van der Waals surface area contributed by atoms with Crippen LogP contribution in [0.15, 0.2) is 54.6 Å². The molecule has 0 N–H and O–H groups in total. The lowest BCUT2D eigenvalue weighted by atomic mass is 10.1. The number of carbonyl (C=O) groups excluding carboxylic acids is 1. The Bertz CT molecular complexity index is 535. The molecule has 0 spiro atoms. The summed E-state index contributed by atoms with van der Waals surface area (Å²) < 4.78 is 5.29. The minimum Gasteiger partial charge on any atom is -0.425 e. The number of benzene rings is 2. The predicted molar refractivity (Wildman–Crippen MR) is 72.8 cm³/mol. The van der Waals surface area contributed by atoms with Crippen molar-refractivity contribution in [2.45, 2.75) is 12.3 Å². The summed E-state index contributed by atoms with van der Waals surface area (Å²) in [5.74, 6) is 0.0845. The van der Waals surface area contributed by atoms with Crippen molar-refractivity contribution in [2.24, 2.45) is 0 Å². The van der Waals surface area contributed by atoms with Gasteiger partial charge in [-0.05, 0) is 18.6 Å². The maximum atomic E-state index is 11.5. The maximum absolute atomic E-state index is 11.5. The standard InChI is InChI=1S/C15H13ClO2/c1-11(16)15(17)18-14-10-6-5-9-13(14)12-7-3-2-4-8-12/h2-11H,1H3. The first-order valence-electron chi connectivity index (χ1n) is 5.68. The van der Waals surface area contributed by atoms with Crippen LogP contribution in [0.25, 0.3) is 11.1 Å². The molecule has 0 heterocycles. The van der Waals surface area contributed by atoms with Gasteiger partial charge in [0.15, 0.2) is 0 Å². The average Bonchev–Trinajstić information content (AvgIpc) is 2.40. The van der Waals surface area contributed by atoms with E-state index >= 15 is 0 Å². The van der Waals surface area contributed by atoms with Crippen molar-refractivity contribution in [3.05, 3.63) is 54.6 Å². The van der Waals surface area contributed by atoms with Gasteiger partial charge in [0.1, 0.15) is 11.1 Å². The molecule has 0 amide bonds. The number of hydrogen-bond donors (Lipinski definition) is 0. The van der Waals surface area contributed by atoms with E-state index in [0.29, 0.717) is 5.75 Å². The van der Waals surface area contributed by atoms with Gasteiger partial charge in [-0.15, -0.1) is 11.6 Å². The Balaban J connectivity index is 2.35. The lowest BCUT2D eigenvalue weighted by Crippen LogP contribution is -2.17.